The lowest BCUT2D eigenvalue weighted by Crippen LogP contribution is -2.45. The summed E-state index contributed by atoms with van der Waals surface area (Å²) in [5.74, 6) is 0.816. The molecule has 0 saturated heterocycles. The summed E-state index contributed by atoms with van der Waals surface area (Å²) in [4.78, 5) is 12.2. The summed E-state index contributed by atoms with van der Waals surface area (Å²) in [6.45, 7) is 4.13. The van der Waals surface area contributed by atoms with Gasteiger partial charge >= 0.3 is 0 Å². The first-order valence-electron chi connectivity index (χ1n) is 9.33. The van der Waals surface area contributed by atoms with Gasteiger partial charge in [-0.25, -0.2) is 0 Å². The fourth-order valence-corrected chi connectivity index (χ4v) is 3.61. The van der Waals surface area contributed by atoms with Crippen LogP contribution in [0.3, 0.4) is 0 Å². The summed E-state index contributed by atoms with van der Waals surface area (Å²) in [6, 6.07) is 14.5. The maximum atomic E-state index is 12.2. The van der Waals surface area contributed by atoms with Gasteiger partial charge in [-0.1, -0.05) is 30.3 Å². The van der Waals surface area contributed by atoms with E-state index in [1.54, 1.807) is 6.92 Å². The summed E-state index contributed by atoms with van der Waals surface area (Å²) in [5.41, 5.74) is 3.35. The molecule has 2 N–H and O–H groups in total. The summed E-state index contributed by atoms with van der Waals surface area (Å²) in [6.07, 6.45) is 3.06. The molecule has 1 heterocycles. The molecule has 1 aliphatic heterocycles. The van der Waals surface area contributed by atoms with Gasteiger partial charge in [0.15, 0.2) is 0 Å². The zero-order valence-electron chi connectivity index (χ0n) is 15.3. The molecule has 0 radical (unpaired) electrons. The van der Waals surface area contributed by atoms with Crippen LogP contribution in [0.1, 0.15) is 37.8 Å². The second kappa shape index (κ2) is 6.44. The minimum atomic E-state index is -1.25. The Morgan fingerprint density at radius 3 is 2.58 bits per heavy atom. The third-order valence-electron chi connectivity index (χ3n) is 5.47. The van der Waals surface area contributed by atoms with E-state index in [1.807, 2.05) is 18.2 Å². The van der Waals surface area contributed by atoms with E-state index >= 15 is 0 Å². The number of amides is 1. The molecule has 1 saturated carbocycles. The van der Waals surface area contributed by atoms with Crippen LogP contribution in [0.4, 0.5) is 0 Å². The van der Waals surface area contributed by atoms with E-state index in [0.717, 1.165) is 36.1 Å². The molecule has 1 fully saturated rings. The third kappa shape index (κ3) is 3.34. The van der Waals surface area contributed by atoms with Gasteiger partial charge in [0.2, 0.25) is 0 Å². The highest BCUT2D eigenvalue weighted by atomic mass is 16.5. The number of aliphatic hydroxyl groups is 1. The second-order valence-corrected chi connectivity index (χ2v) is 7.76. The van der Waals surface area contributed by atoms with Crippen LogP contribution in [-0.2, 0) is 17.8 Å². The smallest absolute Gasteiger partial charge is 0.252 e. The molecule has 2 aliphatic rings. The molecule has 4 nitrogen and oxygen atoms in total. The molecule has 26 heavy (non-hydrogen) atoms. The van der Waals surface area contributed by atoms with Crippen LogP contribution >= 0.6 is 0 Å². The Labute approximate surface area is 154 Å². The molecule has 0 bridgehead atoms. The van der Waals surface area contributed by atoms with Crippen molar-refractivity contribution in [3.63, 3.8) is 0 Å². The van der Waals surface area contributed by atoms with Crippen LogP contribution in [0.5, 0.6) is 5.75 Å². The standard InChI is InChI=1S/C22H25NO3/c1-14-11-18-12-17(7-10-20(18)26-14)16-5-3-15(4-6-16)13-23-21(24)22(2,25)19-8-9-19/h3-7,10,12,14,19,25H,8-9,11,13H2,1-2H3,(H,23,24). The van der Waals surface area contributed by atoms with Crippen molar-refractivity contribution in [2.75, 3.05) is 0 Å². The van der Waals surface area contributed by atoms with Gasteiger partial charge in [0.05, 0.1) is 0 Å². The first-order chi connectivity index (χ1) is 12.4. The summed E-state index contributed by atoms with van der Waals surface area (Å²) >= 11 is 0. The number of nitrogens with one attached hydrogen (secondary N) is 1. The van der Waals surface area contributed by atoms with E-state index in [1.165, 1.54) is 11.1 Å². The van der Waals surface area contributed by atoms with E-state index in [4.69, 9.17) is 4.74 Å². The Morgan fingerprint density at radius 2 is 1.88 bits per heavy atom. The number of carbonyl (C=O) groups is 1. The first kappa shape index (κ1) is 17.1. The fourth-order valence-electron chi connectivity index (χ4n) is 3.61. The average Bonchev–Trinajstić information content (AvgIpc) is 3.42. The molecular formula is C22H25NO3. The summed E-state index contributed by atoms with van der Waals surface area (Å²) in [5, 5.41) is 13.1. The van der Waals surface area contributed by atoms with Crippen LogP contribution in [0.15, 0.2) is 42.5 Å². The lowest BCUT2D eigenvalue weighted by molar-refractivity contribution is -0.140. The van der Waals surface area contributed by atoms with Gasteiger partial charge in [0.25, 0.3) is 5.91 Å². The van der Waals surface area contributed by atoms with Crippen LogP contribution < -0.4 is 10.1 Å². The Balaban J connectivity index is 1.41. The third-order valence-corrected chi connectivity index (χ3v) is 5.47. The normalized spacial score (nSPS) is 20.8. The SMILES string of the molecule is CC1Cc2cc(-c3ccc(CNC(=O)C(C)(O)C4CC4)cc3)ccc2O1. The number of fused-ring (bicyclic) bond motifs is 1. The second-order valence-electron chi connectivity index (χ2n) is 7.76. The van der Waals surface area contributed by atoms with E-state index in [0.29, 0.717) is 6.54 Å². The van der Waals surface area contributed by atoms with E-state index in [2.05, 4.69) is 36.5 Å². The zero-order valence-corrected chi connectivity index (χ0v) is 15.3. The average molecular weight is 351 g/mol. The van der Waals surface area contributed by atoms with Crippen molar-refractivity contribution in [1.82, 2.24) is 5.32 Å². The monoisotopic (exact) mass is 351 g/mol. The largest absolute Gasteiger partial charge is 0.490 e. The number of ether oxygens (including phenoxy) is 1. The van der Waals surface area contributed by atoms with Gasteiger partial charge in [-0.05, 0) is 67.0 Å². The lowest BCUT2D eigenvalue weighted by atomic mass is 9.99. The van der Waals surface area contributed by atoms with Crippen molar-refractivity contribution in [2.45, 2.75) is 51.4 Å². The van der Waals surface area contributed by atoms with E-state index < -0.39 is 5.60 Å². The van der Waals surface area contributed by atoms with Crippen LogP contribution in [-0.4, -0.2) is 22.7 Å². The molecule has 2 aromatic carbocycles. The number of hydrogen-bond acceptors (Lipinski definition) is 3. The van der Waals surface area contributed by atoms with Gasteiger partial charge in [-0.3, -0.25) is 4.79 Å². The molecular weight excluding hydrogens is 326 g/mol. The molecule has 4 heteroatoms. The topological polar surface area (TPSA) is 58.6 Å². The van der Waals surface area contributed by atoms with E-state index in [9.17, 15) is 9.90 Å². The molecule has 0 spiro atoms. The number of carbonyl (C=O) groups excluding carboxylic acids is 1. The maximum Gasteiger partial charge on any atom is 0.252 e. The molecule has 4 rings (SSSR count). The highest BCUT2D eigenvalue weighted by molar-refractivity contribution is 5.85. The lowest BCUT2D eigenvalue weighted by Gasteiger charge is -2.21. The van der Waals surface area contributed by atoms with Crippen molar-refractivity contribution >= 4 is 5.91 Å². The molecule has 2 unspecified atom stereocenters. The number of rotatable bonds is 5. The van der Waals surface area contributed by atoms with Crippen molar-refractivity contribution in [3.8, 4) is 16.9 Å². The molecule has 1 amide bonds. The molecule has 136 valence electrons. The molecule has 0 aromatic heterocycles. The number of benzene rings is 2. The maximum absolute atomic E-state index is 12.2. The van der Waals surface area contributed by atoms with Gasteiger partial charge in [0, 0.05) is 13.0 Å². The highest BCUT2D eigenvalue weighted by Gasteiger charge is 2.45. The summed E-state index contributed by atoms with van der Waals surface area (Å²) in [7, 11) is 0. The van der Waals surface area contributed by atoms with Crippen molar-refractivity contribution in [2.24, 2.45) is 5.92 Å². The van der Waals surface area contributed by atoms with Crippen LogP contribution in [0.25, 0.3) is 11.1 Å². The Kier molecular flexibility index (Phi) is 4.23. The van der Waals surface area contributed by atoms with Crippen LogP contribution in [0.2, 0.25) is 0 Å². The van der Waals surface area contributed by atoms with Crippen molar-refractivity contribution in [3.05, 3.63) is 53.6 Å². The van der Waals surface area contributed by atoms with Gasteiger partial charge in [-0.15, -0.1) is 0 Å². The van der Waals surface area contributed by atoms with E-state index in [-0.39, 0.29) is 17.9 Å². The van der Waals surface area contributed by atoms with Crippen LogP contribution in [0, 0.1) is 5.92 Å². The molecule has 2 aromatic rings. The first-order valence-corrected chi connectivity index (χ1v) is 9.33. The Morgan fingerprint density at radius 1 is 1.19 bits per heavy atom. The highest BCUT2D eigenvalue weighted by Crippen LogP contribution is 2.39. The predicted molar refractivity (Wildman–Crippen MR) is 101 cm³/mol. The minimum Gasteiger partial charge on any atom is -0.490 e. The van der Waals surface area contributed by atoms with Crippen molar-refractivity contribution < 1.29 is 14.6 Å². The van der Waals surface area contributed by atoms with Crippen molar-refractivity contribution in [1.29, 1.82) is 0 Å². The number of hydrogen-bond donors (Lipinski definition) is 2. The van der Waals surface area contributed by atoms with Gasteiger partial charge in [0.1, 0.15) is 17.5 Å². The predicted octanol–water partition coefficient (Wildman–Crippen LogP) is 3.45. The fraction of sp³-hybridized carbons (Fsp3) is 0.409. The zero-order chi connectivity index (χ0) is 18.3. The quantitative estimate of drug-likeness (QED) is 0.867. The van der Waals surface area contributed by atoms with Gasteiger partial charge in [-0.2, -0.15) is 0 Å². The molecule has 2 atom stereocenters. The minimum absolute atomic E-state index is 0.108. The molecule has 1 aliphatic carbocycles. The Hall–Kier alpha value is -2.33. The summed E-state index contributed by atoms with van der Waals surface area (Å²) < 4.78 is 5.76. The van der Waals surface area contributed by atoms with Gasteiger partial charge < -0.3 is 15.2 Å². The Bertz CT molecular complexity index is 822.